The van der Waals surface area contributed by atoms with Crippen LogP contribution in [0.4, 0.5) is 26.3 Å². The van der Waals surface area contributed by atoms with Gasteiger partial charge in [-0.15, -0.1) is 0 Å². The quantitative estimate of drug-likeness (QED) is 0.202. The first kappa shape index (κ1) is 25.9. The fourth-order valence-corrected chi connectivity index (χ4v) is 4.10. The summed E-state index contributed by atoms with van der Waals surface area (Å²) in [7, 11) is 0. The number of benzene rings is 2. The molecule has 0 atom stereocenters. The van der Waals surface area contributed by atoms with E-state index < -0.39 is 35.7 Å². The third-order valence-electron chi connectivity index (χ3n) is 5.87. The van der Waals surface area contributed by atoms with Gasteiger partial charge in [-0.3, -0.25) is 0 Å². The molecular formula is C26H26F6O2. The minimum absolute atomic E-state index is 0.0404. The Kier molecular flexibility index (Phi) is 8.83. The fourth-order valence-electron chi connectivity index (χ4n) is 4.10. The van der Waals surface area contributed by atoms with Crippen LogP contribution in [0.3, 0.4) is 0 Å². The van der Waals surface area contributed by atoms with Crippen molar-refractivity contribution in [2.24, 2.45) is 0 Å². The zero-order chi connectivity index (χ0) is 24.7. The summed E-state index contributed by atoms with van der Waals surface area (Å²) in [6, 6.07) is 8.13. The second-order valence-corrected chi connectivity index (χ2v) is 8.25. The lowest BCUT2D eigenvalue weighted by Crippen LogP contribution is -2.29. The van der Waals surface area contributed by atoms with E-state index in [4.69, 9.17) is 4.74 Å². The first-order valence-electron chi connectivity index (χ1n) is 11.1. The van der Waals surface area contributed by atoms with Crippen LogP contribution >= 0.6 is 0 Å². The van der Waals surface area contributed by atoms with E-state index in [1.54, 1.807) is 12.1 Å². The van der Waals surface area contributed by atoms with Crippen LogP contribution in [0.15, 0.2) is 60.9 Å². The predicted octanol–water partition coefficient (Wildman–Crippen LogP) is 8.38. The summed E-state index contributed by atoms with van der Waals surface area (Å²) in [5, 5.41) is 0. The second-order valence-electron chi connectivity index (χ2n) is 8.25. The van der Waals surface area contributed by atoms with Crippen molar-refractivity contribution in [3.05, 3.63) is 89.2 Å². The highest BCUT2D eigenvalue weighted by molar-refractivity contribution is 5.34. The summed E-state index contributed by atoms with van der Waals surface area (Å²) in [6.45, 7) is 1.92. The van der Waals surface area contributed by atoms with Crippen LogP contribution in [0.5, 0.6) is 5.75 Å². The summed E-state index contributed by atoms with van der Waals surface area (Å²) in [4.78, 5) is 0. The highest BCUT2D eigenvalue weighted by Gasteiger charge is 2.37. The van der Waals surface area contributed by atoms with Gasteiger partial charge in [0.05, 0.1) is 11.7 Å². The number of ether oxygens (including phenoxy) is 2. The Labute approximate surface area is 194 Å². The molecule has 34 heavy (non-hydrogen) atoms. The number of hydrogen-bond donors (Lipinski definition) is 0. The SMILES string of the molecule is C/C=C/CCc1ccc(C(F)(F)OC2CCC(c3cc(F)c(OC=C(F)F)c(F)c3)CC2)cc1. The number of hydrogen-bond acceptors (Lipinski definition) is 2. The average Bonchev–Trinajstić information content (AvgIpc) is 2.79. The van der Waals surface area contributed by atoms with E-state index in [1.807, 2.05) is 19.1 Å². The molecule has 2 aromatic rings. The van der Waals surface area contributed by atoms with Crippen LogP contribution in [0.25, 0.3) is 0 Å². The van der Waals surface area contributed by atoms with Gasteiger partial charge in [-0.1, -0.05) is 36.4 Å². The van der Waals surface area contributed by atoms with Crippen molar-refractivity contribution in [2.45, 2.75) is 63.6 Å². The first-order valence-corrected chi connectivity index (χ1v) is 11.1. The van der Waals surface area contributed by atoms with Crippen molar-refractivity contribution in [3.63, 3.8) is 0 Å². The Morgan fingerprint density at radius 1 is 1.00 bits per heavy atom. The van der Waals surface area contributed by atoms with E-state index in [0.29, 0.717) is 31.2 Å². The van der Waals surface area contributed by atoms with Gasteiger partial charge in [0, 0.05) is 0 Å². The standard InChI is InChI=1S/C26H26F6O2/c1-2-3-4-5-17-6-10-20(11-7-17)26(31,32)34-21-12-8-18(9-13-21)19-14-22(27)25(23(28)15-19)33-16-24(29)30/h2-3,6-7,10-11,14-16,18,21H,4-5,8-9,12-13H2,1H3/b3-2+. The van der Waals surface area contributed by atoms with Gasteiger partial charge < -0.3 is 9.47 Å². The number of alkyl halides is 2. The van der Waals surface area contributed by atoms with Gasteiger partial charge in [-0.2, -0.15) is 17.6 Å². The van der Waals surface area contributed by atoms with E-state index in [0.717, 1.165) is 30.5 Å². The number of halogens is 6. The Bertz CT molecular complexity index is 981. The van der Waals surface area contributed by atoms with E-state index >= 15 is 0 Å². The smallest absolute Gasteiger partial charge is 0.383 e. The van der Waals surface area contributed by atoms with Gasteiger partial charge >= 0.3 is 12.2 Å². The van der Waals surface area contributed by atoms with Crippen molar-refractivity contribution in [2.75, 3.05) is 0 Å². The lowest BCUT2D eigenvalue weighted by Gasteiger charge is -2.31. The summed E-state index contributed by atoms with van der Waals surface area (Å²) >= 11 is 0. The van der Waals surface area contributed by atoms with Crippen molar-refractivity contribution in [1.82, 2.24) is 0 Å². The normalized spacial score (nSPS) is 18.8. The largest absolute Gasteiger partial charge is 0.453 e. The molecule has 2 nitrogen and oxygen atoms in total. The van der Waals surface area contributed by atoms with E-state index in [9.17, 15) is 26.3 Å². The number of aryl methyl sites for hydroxylation is 1. The zero-order valence-electron chi connectivity index (χ0n) is 18.7. The monoisotopic (exact) mass is 484 g/mol. The van der Waals surface area contributed by atoms with Gasteiger partial charge in [0.2, 0.25) is 0 Å². The minimum Gasteiger partial charge on any atom is -0.453 e. The van der Waals surface area contributed by atoms with Crippen LogP contribution in [0.1, 0.15) is 61.6 Å². The maximum atomic E-state index is 14.7. The lowest BCUT2D eigenvalue weighted by atomic mass is 9.82. The highest BCUT2D eigenvalue weighted by Crippen LogP contribution is 2.40. The molecule has 1 saturated carbocycles. The Morgan fingerprint density at radius 2 is 1.62 bits per heavy atom. The summed E-state index contributed by atoms with van der Waals surface area (Å²) in [5.74, 6) is -3.39. The molecule has 0 bridgehead atoms. The van der Waals surface area contributed by atoms with E-state index in [-0.39, 0.29) is 17.7 Å². The third kappa shape index (κ3) is 6.88. The highest BCUT2D eigenvalue weighted by atomic mass is 19.3. The molecule has 0 radical (unpaired) electrons. The van der Waals surface area contributed by atoms with Crippen molar-refractivity contribution in [1.29, 1.82) is 0 Å². The molecule has 0 spiro atoms. The first-order chi connectivity index (χ1) is 16.2. The van der Waals surface area contributed by atoms with Gasteiger partial charge in [0.25, 0.3) is 0 Å². The average molecular weight is 484 g/mol. The van der Waals surface area contributed by atoms with Gasteiger partial charge in [-0.05, 0) is 74.6 Å². The molecule has 0 heterocycles. The molecule has 0 N–H and O–H groups in total. The van der Waals surface area contributed by atoms with Crippen LogP contribution in [-0.4, -0.2) is 6.10 Å². The second kappa shape index (κ2) is 11.6. The fraction of sp³-hybridized carbons (Fsp3) is 0.385. The maximum Gasteiger partial charge on any atom is 0.383 e. The minimum atomic E-state index is -3.45. The molecule has 0 aliphatic heterocycles. The Morgan fingerprint density at radius 3 is 2.18 bits per heavy atom. The van der Waals surface area contributed by atoms with Crippen LogP contribution in [-0.2, 0) is 17.3 Å². The van der Waals surface area contributed by atoms with Crippen LogP contribution in [0, 0.1) is 11.6 Å². The van der Waals surface area contributed by atoms with Gasteiger partial charge in [0.1, 0.15) is 0 Å². The van der Waals surface area contributed by atoms with Crippen LogP contribution < -0.4 is 4.74 Å². The molecule has 0 unspecified atom stereocenters. The molecule has 0 saturated heterocycles. The van der Waals surface area contributed by atoms with Gasteiger partial charge in [0.15, 0.2) is 23.6 Å². The van der Waals surface area contributed by atoms with Crippen molar-refractivity contribution >= 4 is 0 Å². The zero-order valence-corrected chi connectivity index (χ0v) is 18.7. The Hall–Kier alpha value is -2.74. The number of rotatable bonds is 9. The summed E-state index contributed by atoms with van der Waals surface area (Å²) < 4.78 is 91.3. The molecule has 3 rings (SSSR count). The number of allylic oxidation sites excluding steroid dienone is 2. The van der Waals surface area contributed by atoms with Crippen molar-refractivity contribution in [3.8, 4) is 5.75 Å². The molecule has 1 fully saturated rings. The van der Waals surface area contributed by atoms with Gasteiger partial charge in [-0.25, -0.2) is 8.78 Å². The predicted molar refractivity (Wildman–Crippen MR) is 117 cm³/mol. The molecule has 184 valence electrons. The molecule has 0 amide bonds. The Balaban J connectivity index is 1.57. The third-order valence-corrected chi connectivity index (χ3v) is 5.87. The molecule has 0 aromatic heterocycles. The molecule has 2 aromatic carbocycles. The van der Waals surface area contributed by atoms with Crippen LogP contribution in [0.2, 0.25) is 0 Å². The molecule has 8 heteroatoms. The maximum absolute atomic E-state index is 14.7. The van der Waals surface area contributed by atoms with Crippen molar-refractivity contribution < 1.29 is 35.8 Å². The molecule has 1 aliphatic carbocycles. The molecule has 1 aliphatic rings. The summed E-state index contributed by atoms with van der Waals surface area (Å²) in [5.41, 5.74) is 1.06. The van der Waals surface area contributed by atoms with E-state index in [2.05, 4.69) is 4.74 Å². The molecular weight excluding hydrogens is 458 g/mol. The summed E-state index contributed by atoms with van der Waals surface area (Å²) in [6.07, 6.45) is 0.505. The topological polar surface area (TPSA) is 18.5 Å². The van der Waals surface area contributed by atoms with E-state index in [1.165, 1.54) is 12.1 Å². The lowest BCUT2D eigenvalue weighted by molar-refractivity contribution is -0.277.